The first-order valence-corrected chi connectivity index (χ1v) is 9.14. The third-order valence-corrected chi connectivity index (χ3v) is 4.87. The first-order valence-electron chi connectivity index (χ1n) is 8.76. The van der Waals surface area contributed by atoms with Crippen LogP contribution >= 0.6 is 11.6 Å². The van der Waals surface area contributed by atoms with Crippen molar-refractivity contribution in [2.24, 2.45) is 5.10 Å². The van der Waals surface area contributed by atoms with Crippen molar-refractivity contribution in [3.8, 4) is 0 Å². The van der Waals surface area contributed by atoms with Crippen molar-refractivity contribution in [1.29, 1.82) is 0 Å². The van der Waals surface area contributed by atoms with Gasteiger partial charge in [-0.2, -0.15) is 5.10 Å². The van der Waals surface area contributed by atoms with Crippen molar-refractivity contribution in [1.82, 2.24) is 9.99 Å². The molecule has 0 radical (unpaired) electrons. The molecular weight excluding hydrogens is 394 g/mol. The summed E-state index contributed by atoms with van der Waals surface area (Å²) < 4.78 is 7.21. The topological polar surface area (TPSA) is 96.8 Å². The molecule has 146 valence electrons. The van der Waals surface area contributed by atoms with Gasteiger partial charge >= 0.3 is 11.9 Å². The van der Waals surface area contributed by atoms with Gasteiger partial charge in [-0.15, -0.1) is 0 Å². The van der Waals surface area contributed by atoms with Crippen molar-refractivity contribution < 1.29 is 19.1 Å². The van der Waals surface area contributed by atoms with Crippen LogP contribution in [-0.2, 0) is 11.3 Å². The minimum Gasteiger partial charge on any atom is -0.480 e. The highest BCUT2D eigenvalue weighted by molar-refractivity contribution is 6.31. The summed E-state index contributed by atoms with van der Waals surface area (Å²) in [5, 5.41) is 15.3. The summed E-state index contributed by atoms with van der Waals surface area (Å²) in [4.78, 5) is 23.6. The smallest absolute Gasteiger partial charge is 0.323 e. The molecule has 4 aromatic rings. The van der Waals surface area contributed by atoms with E-state index in [1.807, 2.05) is 31.2 Å². The lowest BCUT2D eigenvalue weighted by molar-refractivity contribution is -0.137. The number of fused-ring (bicyclic) bond motifs is 2. The Kier molecular flexibility index (Phi) is 4.82. The number of hydrazone groups is 1. The number of carboxylic acid groups (broad SMARTS) is 1. The lowest BCUT2D eigenvalue weighted by Gasteiger charge is -2.04. The molecule has 2 heterocycles. The number of furan rings is 1. The van der Waals surface area contributed by atoms with Gasteiger partial charge in [0, 0.05) is 32.6 Å². The quantitative estimate of drug-likeness (QED) is 0.381. The van der Waals surface area contributed by atoms with Crippen LogP contribution in [0.1, 0.15) is 21.8 Å². The summed E-state index contributed by atoms with van der Waals surface area (Å²) >= 11 is 5.95. The number of halogens is 1. The van der Waals surface area contributed by atoms with E-state index in [4.69, 9.17) is 16.0 Å². The largest absolute Gasteiger partial charge is 0.480 e. The predicted molar refractivity (Wildman–Crippen MR) is 111 cm³/mol. The van der Waals surface area contributed by atoms with E-state index in [9.17, 15) is 14.7 Å². The molecule has 0 aliphatic heterocycles. The molecule has 0 unspecified atom stereocenters. The molecule has 0 aliphatic carbocycles. The standard InChI is InChI=1S/C21H16ClN3O4/c1-12-16(15-4-2-3-5-17(15)25(12)11-20(26)27)10-23-24-21(28)19-9-13-8-14(22)6-7-18(13)29-19/h2-10H,11H2,1H3,(H,24,28)(H,26,27). The van der Waals surface area contributed by atoms with Crippen molar-refractivity contribution >= 4 is 51.6 Å². The summed E-state index contributed by atoms with van der Waals surface area (Å²) in [6, 6.07) is 14.1. The van der Waals surface area contributed by atoms with Gasteiger partial charge in [0.1, 0.15) is 12.1 Å². The van der Waals surface area contributed by atoms with E-state index >= 15 is 0 Å². The lowest BCUT2D eigenvalue weighted by Crippen LogP contribution is -2.16. The number of carbonyl (C=O) groups is 2. The van der Waals surface area contributed by atoms with Crippen LogP contribution in [0.25, 0.3) is 21.9 Å². The maximum atomic E-state index is 12.4. The first-order chi connectivity index (χ1) is 13.9. The molecule has 0 bridgehead atoms. The number of benzene rings is 2. The van der Waals surface area contributed by atoms with Gasteiger partial charge in [-0.25, -0.2) is 5.43 Å². The lowest BCUT2D eigenvalue weighted by atomic mass is 10.1. The van der Waals surface area contributed by atoms with E-state index < -0.39 is 11.9 Å². The number of hydrogen-bond donors (Lipinski definition) is 2. The van der Waals surface area contributed by atoms with E-state index in [2.05, 4.69) is 10.5 Å². The average molecular weight is 410 g/mol. The van der Waals surface area contributed by atoms with Gasteiger partial charge in [0.15, 0.2) is 5.76 Å². The minimum absolute atomic E-state index is 0.115. The number of nitrogens with zero attached hydrogens (tertiary/aromatic N) is 2. The van der Waals surface area contributed by atoms with Crippen LogP contribution in [-0.4, -0.2) is 27.8 Å². The van der Waals surface area contributed by atoms with Crippen molar-refractivity contribution in [3.05, 3.63) is 70.6 Å². The van der Waals surface area contributed by atoms with E-state index in [1.54, 1.807) is 28.8 Å². The third kappa shape index (κ3) is 3.60. The average Bonchev–Trinajstić information content (AvgIpc) is 3.22. The van der Waals surface area contributed by atoms with Gasteiger partial charge in [0.25, 0.3) is 0 Å². The van der Waals surface area contributed by atoms with E-state index in [-0.39, 0.29) is 12.3 Å². The first kappa shape index (κ1) is 18.8. The molecule has 2 aromatic carbocycles. The fraction of sp³-hybridized carbons (Fsp3) is 0.0952. The highest BCUT2D eigenvalue weighted by atomic mass is 35.5. The second-order valence-corrected chi connectivity index (χ2v) is 6.92. The molecule has 1 amide bonds. The second-order valence-electron chi connectivity index (χ2n) is 6.49. The van der Waals surface area contributed by atoms with E-state index in [0.29, 0.717) is 10.6 Å². The molecule has 0 aliphatic rings. The molecule has 2 aromatic heterocycles. The Labute approximate surface area is 170 Å². The molecule has 0 saturated carbocycles. The summed E-state index contributed by atoms with van der Waals surface area (Å²) in [6.07, 6.45) is 1.51. The van der Waals surface area contributed by atoms with Gasteiger partial charge in [-0.05, 0) is 37.3 Å². The summed E-state index contributed by atoms with van der Waals surface area (Å²) in [5.74, 6) is -1.32. The fourth-order valence-electron chi connectivity index (χ4n) is 3.30. The monoisotopic (exact) mass is 409 g/mol. The number of amides is 1. The number of rotatable bonds is 5. The molecule has 0 saturated heterocycles. The van der Waals surface area contributed by atoms with Gasteiger partial charge in [-0.1, -0.05) is 29.8 Å². The molecule has 2 N–H and O–H groups in total. The Bertz CT molecular complexity index is 1290. The number of para-hydroxylation sites is 1. The van der Waals surface area contributed by atoms with E-state index in [0.717, 1.165) is 27.5 Å². The zero-order chi connectivity index (χ0) is 20.5. The molecule has 0 fully saturated rings. The Balaban J connectivity index is 1.60. The Morgan fingerprint density at radius 3 is 2.83 bits per heavy atom. The molecule has 0 atom stereocenters. The normalized spacial score (nSPS) is 11.5. The number of hydrogen-bond acceptors (Lipinski definition) is 4. The fourth-order valence-corrected chi connectivity index (χ4v) is 3.48. The number of carbonyl (C=O) groups excluding carboxylic acids is 1. The van der Waals surface area contributed by atoms with Crippen molar-refractivity contribution in [2.75, 3.05) is 0 Å². The second kappa shape index (κ2) is 7.44. The Morgan fingerprint density at radius 2 is 2.03 bits per heavy atom. The molecule has 4 rings (SSSR count). The van der Waals surface area contributed by atoms with Gasteiger partial charge in [0.05, 0.1) is 6.21 Å². The highest BCUT2D eigenvalue weighted by Crippen LogP contribution is 2.25. The van der Waals surface area contributed by atoms with Crippen molar-refractivity contribution in [3.63, 3.8) is 0 Å². The number of aliphatic carboxylic acids is 1. The summed E-state index contributed by atoms with van der Waals surface area (Å²) in [6.45, 7) is 1.66. The van der Waals surface area contributed by atoms with Crippen LogP contribution in [0.3, 0.4) is 0 Å². The van der Waals surface area contributed by atoms with Crippen LogP contribution in [0.5, 0.6) is 0 Å². The highest BCUT2D eigenvalue weighted by Gasteiger charge is 2.15. The maximum absolute atomic E-state index is 12.4. The van der Waals surface area contributed by atoms with Crippen LogP contribution in [0.15, 0.2) is 58.0 Å². The molecule has 0 spiro atoms. The van der Waals surface area contributed by atoms with E-state index in [1.165, 1.54) is 6.21 Å². The summed E-state index contributed by atoms with van der Waals surface area (Å²) in [5.41, 5.74) is 5.26. The van der Waals surface area contributed by atoms with Crippen LogP contribution < -0.4 is 5.43 Å². The molecule has 29 heavy (non-hydrogen) atoms. The molecule has 7 nitrogen and oxygen atoms in total. The van der Waals surface area contributed by atoms with Gasteiger partial charge in [0.2, 0.25) is 0 Å². The summed E-state index contributed by atoms with van der Waals surface area (Å²) in [7, 11) is 0. The SMILES string of the molecule is Cc1c(C=NNC(=O)c2cc3cc(Cl)ccc3o2)c2ccccc2n1CC(=O)O. The third-order valence-electron chi connectivity index (χ3n) is 4.63. The molecule has 8 heteroatoms. The number of carboxylic acids is 1. The van der Waals surface area contributed by atoms with Crippen molar-refractivity contribution in [2.45, 2.75) is 13.5 Å². The van der Waals surface area contributed by atoms with Crippen LogP contribution in [0.2, 0.25) is 5.02 Å². The van der Waals surface area contributed by atoms with Crippen LogP contribution in [0.4, 0.5) is 0 Å². The predicted octanol–water partition coefficient (Wildman–Crippen LogP) is 4.20. The minimum atomic E-state index is -0.935. The maximum Gasteiger partial charge on any atom is 0.323 e. The van der Waals surface area contributed by atoms with Crippen LogP contribution in [0, 0.1) is 6.92 Å². The number of aromatic nitrogens is 1. The number of nitrogens with one attached hydrogen (secondary N) is 1. The zero-order valence-corrected chi connectivity index (χ0v) is 16.1. The zero-order valence-electron chi connectivity index (χ0n) is 15.3. The Morgan fingerprint density at radius 1 is 1.24 bits per heavy atom. The Hall–Kier alpha value is -3.58. The molecular formula is C21H16ClN3O4. The van der Waals surface area contributed by atoms with Gasteiger partial charge in [-0.3, -0.25) is 9.59 Å². The van der Waals surface area contributed by atoms with Gasteiger partial charge < -0.3 is 14.1 Å².